The predicted molar refractivity (Wildman–Crippen MR) is 89.7 cm³/mol. The summed E-state index contributed by atoms with van der Waals surface area (Å²) in [5.41, 5.74) is 1.09. The number of nitrogens with one attached hydrogen (secondary N) is 1. The number of thioether (sulfide) groups is 1. The maximum absolute atomic E-state index is 12.8. The summed E-state index contributed by atoms with van der Waals surface area (Å²) in [5, 5.41) is 0.0944. The number of alkyl halides is 3. The van der Waals surface area contributed by atoms with E-state index in [0.717, 1.165) is 40.6 Å². The highest BCUT2D eigenvalue weighted by Gasteiger charge is 2.33. The molecule has 1 atom stereocenters. The fourth-order valence-corrected chi connectivity index (χ4v) is 3.38. The number of aromatic amines is 1. The second-order valence-electron chi connectivity index (χ2n) is 5.52. The minimum absolute atomic E-state index is 0.0758. The largest absolute Gasteiger partial charge is 0.433 e. The first-order valence-electron chi connectivity index (χ1n) is 7.46. The maximum atomic E-state index is 12.8. The Morgan fingerprint density at radius 3 is 2.68 bits per heavy atom. The molecular formula is C17H14F3N3OS. The van der Waals surface area contributed by atoms with Crippen LogP contribution in [0.2, 0.25) is 0 Å². The van der Waals surface area contributed by atoms with Gasteiger partial charge in [-0.25, -0.2) is 9.97 Å². The van der Waals surface area contributed by atoms with Crippen LogP contribution in [-0.4, -0.2) is 26.0 Å². The number of carbonyl (C=O) groups is 1. The first-order chi connectivity index (χ1) is 11.8. The van der Waals surface area contributed by atoms with Gasteiger partial charge in [0.05, 0.1) is 5.25 Å². The van der Waals surface area contributed by atoms with Gasteiger partial charge in [0.2, 0.25) is 0 Å². The number of ketones is 1. The number of hydrogen-bond donors (Lipinski definition) is 1. The van der Waals surface area contributed by atoms with E-state index in [0.29, 0.717) is 5.56 Å². The lowest BCUT2D eigenvalue weighted by Gasteiger charge is -2.11. The van der Waals surface area contributed by atoms with E-state index in [2.05, 4.69) is 15.0 Å². The molecule has 0 unspecified atom stereocenters. The molecule has 0 fully saturated rings. The maximum Gasteiger partial charge on any atom is 0.433 e. The Hall–Kier alpha value is -2.35. The van der Waals surface area contributed by atoms with Crippen molar-refractivity contribution in [3.05, 3.63) is 53.5 Å². The monoisotopic (exact) mass is 365 g/mol. The third-order valence-electron chi connectivity index (χ3n) is 3.72. The van der Waals surface area contributed by atoms with Gasteiger partial charge in [-0.1, -0.05) is 30.0 Å². The zero-order valence-electron chi connectivity index (χ0n) is 13.4. The van der Waals surface area contributed by atoms with Gasteiger partial charge in [-0.2, -0.15) is 13.2 Å². The number of para-hydroxylation sites is 1. The first-order valence-corrected chi connectivity index (χ1v) is 8.33. The van der Waals surface area contributed by atoms with Crippen LogP contribution in [0.15, 0.2) is 41.7 Å². The topological polar surface area (TPSA) is 58.6 Å². The Kier molecular flexibility index (Phi) is 4.55. The van der Waals surface area contributed by atoms with Crippen LogP contribution in [0.3, 0.4) is 0 Å². The number of Topliss-reactive ketones (excluding diaryl/α,β-unsaturated/α-hetero) is 1. The van der Waals surface area contributed by atoms with Gasteiger partial charge in [-0.05, 0) is 26.0 Å². The van der Waals surface area contributed by atoms with Gasteiger partial charge >= 0.3 is 6.18 Å². The van der Waals surface area contributed by atoms with Gasteiger partial charge in [0.15, 0.2) is 10.9 Å². The quantitative estimate of drug-likeness (QED) is 0.415. The van der Waals surface area contributed by atoms with E-state index in [4.69, 9.17) is 0 Å². The summed E-state index contributed by atoms with van der Waals surface area (Å²) in [5.74, 6) is -0.180. The number of rotatable bonds is 4. The van der Waals surface area contributed by atoms with Gasteiger partial charge in [-0.3, -0.25) is 4.79 Å². The van der Waals surface area contributed by atoms with Crippen LogP contribution < -0.4 is 0 Å². The summed E-state index contributed by atoms with van der Waals surface area (Å²) in [6.45, 7) is 3.43. The summed E-state index contributed by atoms with van der Waals surface area (Å²) in [6, 6.07) is 8.21. The molecule has 0 aliphatic rings. The number of benzene rings is 1. The van der Waals surface area contributed by atoms with Crippen LogP contribution in [-0.2, 0) is 6.18 Å². The van der Waals surface area contributed by atoms with Crippen LogP contribution >= 0.6 is 11.8 Å². The third kappa shape index (κ3) is 3.53. The number of H-pyrrole nitrogens is 1. The SMILES string of the molecule is Cc1[nH]c2ccccc2c1C(=O)[C@H](C)Sc1nccc(C(F)(F)F)n1. The molecule has 0 saturated carbocycles. The molecule has 3 rings (SSSR count). The molecular weight excluding hydrogens is 351 g/mol. The highest BCUT2D eigenvalue weighted by Crippen LogP contribution is 2.31. The Morgan fingerprint density at radius 2 is 1.96 bits per heavy atom. The van der Waals surface area contributed by atoms with Crippen LogP contribution in [0.4, 0.5) is 13.2 Å². The van der Waals surface area contributed by atoms with E-state index < -0.39 is 17.1 Å². The number of aromatic nitrogens is 3. The number of halogens is 3. The molecule has 1 aromatic carbocycles. The van der Waals surface area contributed by atoms with Crippen molar-refractivity contribution in [2.45, 2.75) is 30.4 Å². The van der Waals surface area contributed by atoms with Gasteiger partial charge in [-0.15, -0.1) is 0 Å². The number of aryl methyl sites for hydroxylation is 1. The van der Waals surface area contributed by atoms with Crippen LogP contribution in [0.1, 0.15) is 28.7 Å². The zero-order valence-corrected chi connectivity index (χ0v) is 14.2. The van der Waals surface area contributed by atoms with E-state index in [1.165, 1.54) is 0 Å². The zero-order chi connectivity index (χ0) is 18.2. The Labute approximate surface area is 145 Å². The molecule has 0 aliphatic heterocycles. The van der Waals surface area contributed by atoms with Crippen LogP contribution in [0.25, 0.3) is 10.9 Å². The molecule has 25 heavy (non-hydrogen) atoms. The predicted octanol–water partition coefficient (Wildman–Crippen LogP) is 4.65. The molecule has 130 valence electrons. The molecule has 4 nitrogen and oxygen atoms in total. The Balaban J connectivity index is 1.87. The van der Waals surface area contributed by atoms with Gasteiger partial charge in [0.1, 0.15) is 5.69 Å². The fourth-order valence-electron chi connectivity index (χ4n) is 2.56. The van der Waals surface area contributed by atoms with Gasteiger partial charge < -0.3 is 4.98 Å². The molecule has 0 radical (unpaired) electrons. The smallest absolute Gasteiger partial charge is 0.358 e. The Bertz CT molecular complexity index is 936. The van der Waals surface area contributed by atoms with E-state index in [-0.39, 0.29) is 10.9 Å². The van der Waals surface area contributed by atoms with Crippen LogP contribution in [0.5, 0.6) is 0 Å². The minimum Gasteiger partial charge on any atom is -0.358 e. The lowest BCUT2D eigenvalue weighted by Crippen LogP contribution is -2.16. The summed E-state index contributed by atoms with van der Waals surface area (Å²) in [4.78, 5) is 23.3. The minimum atomic E-state index is -4.54. The summed E-state index contributed by atoms with van der Waals surface area (Å²) >= 11 is 0.912. The molecule has 8 heteroatoms. The summed E-state index contributed by atoms with van der Waals surface area (Å²) in [7, 11) is 0. The molecule has 0 saturated heterocycles. The van der Waals surface area contributed by atoms with Crippen molar-refractivity contribution >= 4 is 28.4 Å². The van der Waals surface area contributed by atoms with Crippen molar-refractivity contribution < 1.29 is 18.0 Å². The summed E-state index contributed by atoms with van der Waals surface area (Å²) in [6.07, 6.45) is -3.49. The standard InChI is InChI=1S/C17H14F3N3OS/c1-9-14(11-5-3-4-6-12(11)22-9)15(24)10(2)25-16-21-8-7-13(23-16)17(18,19)20/h3-8,10,22H,1-2H3/t10-/m0/s1. The average molecular weight is 365 g/mol. The second-order valence-corrected chi connectivity index (χ2v) is 6.83. The van der Waals surface area contributed by atoms with Crippen molar-refractivity contribution in [3.63, 3.8) is 0 Å². The molecule has 0 bridgehead atoms. The van der Waals surface area contributed by atoms with E-state index >= 15 is 0 Å². The second kappa shape index (κ2) is 6.51. The molecule has 0 amide bonds. The van der Waals surface area contributed by atoms with Gasteiger partial charge in [0.25, 0.3) is 0 Å². The van der Waals surface area contributed by atoms with E-state index in [1.54, 1.807) is 13.8 Å². The van der Waals surface area contributed by atoms with Crippen molar-refractivity contribution in [2.24, 2.45) is 0 Å². The highest BCUT2D eigenvalue weighted by molar-refractivity contribution is 8.00. The van der Waals surface area contributed by atoms with Crippen molar-refractivity contribution in [3.8, 4) is 0 Å². The first kappa shape index (κ1) is 17.5. The fraction of sp³-hybridized carbons (Fsp3) is 0.235. The molecule has 2 heterocycles. The Morgan fingerprint density at radius 1 is 1.24 bits per heavy atom. The van der Waals surface area contributed by atoms with Crippen molar-refractivity contribution in [2.75, 3.05) is 0 Å². The lowest BCUT2D eigenvalue weighted by atomic mass is 10.1. The number of carbonyl (C=O) groups excluding carboxylic acids is 1. The molecule has 0 aliphatic carbocycles. The molecule has 0 spiro atoms. The third-order valence-corrected chi connectivity index (χ3v) is 4.69. The van der Waals surface area contributed by atoms with Crippen molar-refractivity contribution in [1.29, 1.82) is 0 Å². The summed E-state index contributed by atoms with van der Waals surface area (Å²) < 4.78 is 38.2. The van der Waals surface area contributed by atoms with Crippen molar-refractivity contribution in [1.82, 2.24) is 15.0 Å². The number of nitrogens with zero attached hydrogens (tertiary/aromatic N) is 2. The lowest BCUT2D eigenvalue weighted by molar-refractivity contribution is -0.141. The highest BCUT2D eigenvalue weighted by atomic mass is 32.2. The van der Waals surface area contributed by atoms with Crippen LogP contribution in [0, 0.1) is 6.92 Å². The molecule has 2 aromatic heterocycles. The van der Waals surface area contributed by atoms with E-state index in [1.807, 2.05) is 24.3 Å². The molecule has 1 N–H and O–H groups in total. The normalized spacial score (nSPS) is 13.2. The van der Waals surface area contributed by atoms with Gasteiger partial charge in [0, 0.05) is 28.4 Å². The van der Waals surface area contributed by atoms with E-state index in [9.17, 15) is 18.0 Å². The average Bonchev–Trinajstić information content (AvgIpc) is 2.89. The molecule has 3 aromatic rings. The number of hydrogen-bond acceptors (Lipinski definition) is 4. The number of fused-ring (bicyclic) bond motifs is 1.